The van der Waals surface area contributed by atoms with Crippen LogP contribution in [0.25, 0.3) is 0 Å². The molecule has 0 saturated carbocycles. The van der Waals surface area contributed by atoms with E-state index in [2.05, 4.69) is 4.52 Å². The zero-order valence-corrected chi connectivity index (χ0v) is 8.68. The van der Waals surface area contributed by atoms with Gasteiger partial charge in [0.1, 0.15) is 6.26 Å². The van der Waals surface area contributed by atoms with Crippen molar-refractivity contribution < 1.29 is 18.1 Å². The van der Waals surface area contributed by atoms with E-state index in [1.54, 1.807) is 13.8 Å². The van der Waals surface area contributed by atoms with Gasteiger partial charge in [-0.15, -0.1) is 0 Å². The van der Waals surface area contributed by atoms with E-state index in [4.69, 9.17) is 20.6 Å². The Morgan fingerprint density at radius 1 is 1.33 bits per heavy atom. The van der Waals surface area contributed by atoms with Crippen molar-refractivity contribution in [2.45, 2.75) is 13.8 Å². The predicted octanol–water partition coefficient (Wildman–Crippen LogP) is 2.89. The van der Waals surface area contributed by atoms with Gasteiger partial charge >= 0.3 is 7.82 Å². The molecular weight excluding hydrogens is 202 g/mol. The third kappa shape index (κ3) is 4.78. The average molecular weight is 215 g/mol. The maximum absolute atomic E-state index is 11.4. The predicted molar refractivity (Wildman–Crippen MR) is 46.9 cm³/mol. The lowest BCUT2D eigenvalue weighted by atomic mass is 10.9. The summed E-state index contributed by atoms with van der Waals surface area (Å²) in [4.78, 5) is 0. The van der Waals surface area contributed by atoms with Crippen molar-refractivity contribution in [1.82, 2.24) is 0 Å². The Morgan fingerprint density at radius 2 is 1.83 bits per heavy atom. The van der Waals surface area contributed by atoms with Gasteiger partial charge in [-0.2, -0.15) is 0 Å². The minimum Gasteiger partial charge on any atom is -0.411 e. The molecule has 0 N–H and O–H groups in total. The molecule has 0 spiro atoms. The van der Waals surface area contributed by atoms with E-state index in [-0.39, 0.29) is 13.2 Å². The molecule has 0 aromatic heterocycles. The molecule has 12 heavy (non-hydrogen) atoms. The molecule has 0 aromatic rings. The fourth-order valence-electron chi connectivity index (χ4n) is 0.512. The Morgan fingerprint density at radius 3 is 2.17 bits per heavy atom. The highest BCUT2D eigenvalue weighted by Gasteiger charge is 2.24. The Kier molecular flexibility index (Phi) is 6.48. The van der Waals surface area contributed by atoms with E-state index < -0.39 is 7.82 Å². The van der Waals surface area contributed by atoms with E-state index in [9.17, 15) is 4.57 Å². The third-order valence-electron chi connectivity index (χ3n) is 0.816. The highest BCUT2D eigenvalue weighted by Crippen LogP contribution is 2.49. The van der Waals surface area contributed by atoms with Crippen LogP contribution < -0.4 is 0 Å². The van der Waals surface area contributed by atoms with Gasteiger partial charge in [0.05, 0.1) is 13.2 Å². The zero-order chi connectivity index (χ0) is 9.45. The molecule has 0 heterocycles. The molecule has 72 valence electrons. The second-order valence-electron chi connectivity index (χ2n) is 1.65. The number of hydrogen-bond acceptors (Lipinski definition) is 4. The van der Waals surface area contributed by atoms with Crippen LogP contribution in [0.5, 0.6) is 0 Å². The van der Waals surface area contributed by atoms with E-state index >= 15 is 0 Å². The minimum atomic E-state index is -3.41. The third-order valence-corrected chi connectivity index (χ3v) is 2.45. The second-order valence-corrected chi connectivity index (χ2v) is 3.52. The van der Waals surface area contributed by atoms with Crippen LogP contribution >= 0.6 is 19.4 Å². The van der Waals surface area contributed by atoms with Gasteiger partial charge < -0.3 is 4.52 Å². The number of phosphoric ester groups is 1. The number of hydrogen-bond donors (Lipinski definition) is 0. The summed E-state index contributed by atoms with van der Waals surface area (Å²) in [5.74, 6) is 0. The van der Waals surface area contributed by atoms with Crippen molar-refractivity contribution in [3.63, 3.8) is 0 Å². The first-order valence-corrected chi connectivity index (χ1v) is 5.41. The molecule has 0 aliphatic heterocycles. The Bertz CT molecular complexity index is 172. The summed E-state index contributed by atoms with van der Waals surface area (Å²) in [6.07, 6.45) is 1.06. The van der Waals surface area contributed by atoms with Crippen LogP contribution in [0.2, 0.25) is 0 Å². The molecule has 0 unspecified atom stereocenters. The molecular formula is C6H12ClO4P. The molecule has 6 heteroatoms. The monoisotopic (exact) mass is 214 g/mol. The summed E-state index contributed by atoms with van der Waals surface area (Å²) in [6.45, 7) is 3.90. The quantitative estimate of drug-likeness (QED) is 0.504. The Hall–Kier alpha value is -0.0200. The van der Waals surface area contributed by atoms with Crippen molar-refractivity contribution in [3.05, 3.63) is 11.8 Å². The van der Waals surface area contributed by atoms with Gasteiger partial charge in [-0.1, -0.05) is 11.6 Å². The molecule has 0 atom stereocenters. The molecule has 0 aliphatic carbocycles. The van der Waals surface area contributed by atoms with Crippen LogP contribution in [0.1, 0.15) is 13.8 Å². The lowest BCUT2D eigenvalue weighted by Gasteiger charge is -2.13. The fraction of sp³-hybridized carbons (Fsp3) is 0.667. The smallest absolute Gasteiger partial charge is 0.411 e. The maximum Gasteiger partial charge on any atom is 0.529 e. The van der Waals surface area contributed by atoms with Gasteiger partial charge in [-0.3, -0.25) is 9.05 Å². The number of phosphoric acid groups is 1. The Balaban J connectivity index is 4.08. The molecule has 0 amide bonds. The normalized spacial score (nSPS) is 12.2. The van der Waals surface area contributed by atoms with Crippen LogP contribution in [-0.4, -0.2) is 13.2 Å². The molecule has 0 radical (unpaired) electrons. The summed E-state index contributed by atoms with van der Waals surface area (Å²) >= 11 is 5.17. The Labute approximate surface area is 77.1 Å². The lowest BCUT2D eigenvalue weighted by molar-refractivity contribution is 0.154. The van der Waals surface area contributed by atoms with Gasteiger partial charge in [-0.25, -0.2) is 4.57 Å². The summed E-state index contributed by atoms with van der Waals surface area (Å²) in [5.41, 5.74) is 1.09. The first kappa shape index (κ1) is 12.0. The van der Waals surface area contributed by atoms with Crippen molar-refractivity contribution in [2.24, 2.45) is 0 Å². The van der Waals surface area contributed by atoms with Crippen LogP contribution in [0.3, 0.4) is 0 Å². The van der Waals surface area contributed by atoms with Crippen LogP contribution in [0.4, 0.5) is 0 Å². The standard InChI is InChI=1S/C6H12ClO4P/c1-3-9-12(8,10-4-2)11-6-5-7/h5-6H,3-4H2,1-2H3. The molecule has 0 aliphatic rings. The zero-order valence-electron chi connectivity index (χ0n) is 7.03. The van der Waals surface area contributed by atoms with Crippen molar-refractivity contribution >= 4 is 19.4 Å². The highest BCUT2D eigenvalue weighted by molar-refractivity contribution is 7.48. The topological polar surface area (TPSA) is 44.8 Å². The molecule has 0 rings (SSSR count). The summed E-state index contributed by atoms with van der Waals surface area (Å²) < 4.78 is 25.6. The fourth-order valence-corrected chi connectivity index (χ4v) is 1.67. The molecule has 0 saturated heterocycles. The van der Waals surface area contributed by atoms with Gasteiger partial charge in [0.2, 0.25) is 0 Å². The van der Waals surface area contributed by atoms with E-state index in [1.165, 1.54) is 0 Å². The second kappa shape index (κ2) is 6.49. The van der Waals surface area contributed by atoms with Crippen LogP contribution in [0, 0.1) is 0 Å². The van der Waals surface area contributed by atoms with Crippen molar-refractivity contribution in [2.75, 3.05) is 13.2 Å². The lowest BCUT2D eigenvalue weighted by Crippen LogP contribution is -1.96. The largest absolute Gasteiger partial charge is 0.529 e. The molecule has 0 bridgehead atoms. The summed E-state index contributed by atoms with van der Waals surface area (Å²) in [6, 6.07) is 0. The van der Waals surface area contributed by atoms with E-state index in [0.717, 1.165) is 11.8 Å². The van der Waals surface area contributed by atoms with Gasteiger partial charge in [0.15, 0.2) is 0 Å². The molecule has 4 nitrogen and oxygen atoms in total. The van der Waals surface area contributed by atoms with Gasteiger partial charge in [0, 0.05) is 5.54 Å². The number of halogens is 1. The van der Waals surface area contributed by atoms with Gasteiger partial charge in [-0.05, 0) is 13.8 Å². The summed E-state index contributed by atoms with van der Waals surface area (Å²) in [7, 11) is -3.41. The van der Waals surface area contributed by atoms with Crippen LogP contribution in [-0.2, 0) is 18.1 Å². The van der Waals surface area contributed by atoms with E-state index in [0.29, 0.717) is 0 Å². The SMILES string of the molecule is CCOP(=O)(OC=CCl)OCC. The molecule has 0 aromatic carbocycles. The minimum absolute atomic E-state index is 0.257. The van der Waals surface area contributed by atoms with Gasteiger partial charge in [0.25, 0.3) is 0 Å². The molecule has 0 fully saturated rings. The highest BCUT2D eigenvalue weighted by atomic mass is 35.5. The van der Waals surface area contributed by atoms with Crippen molar-refractivity contribution in [1.29, 1.82) is 0 Å². The van der Waals surface area contributed by atoms with E-state index in [1.807, 2.05) is 0 Å². The summed E-state index contributed by atoms with van der Waals surface area (Å²) in [5, 5.41) is 0. The van der Waals surface area contributed by atoms with Crippen LogP contribution in [0.15, 0.2) is 11.8 Å². The first-order valence-electron chi connectivity index (χ1n) is 3.51. The van der Waals surface area contributed by atoms with Crippen molar-refractivity contribution in [3.8, 4) is 0 Å². The first-order chi connectivity index (χ1) is 5.68. The average Bonchev–Trinajstić information content (AvgIpc) is 2.02. The number of rotatable bonds is 6. The maximum atomic E-state index is 11.4.